The zero-order valence-electron chi connectivity index (χ0n) is 22.4. The third kappa shape index (κ3) is 6.18. The number of ether oxygens (including phenoxy) is 1. The minimum atomic E-state index is -0.645. The smallest absolute Gasteiger partial charge is 0.330 e. The number of aromatic nitrogens is 2. The predicted molar refractivity (Wildman–Crippen MR) is 157 cm³/mol. The molecule has 0 bridgehead atoms. The average molecular weight is 544 g/mol. The molecule has 1 aliphatic rings. The Morgan fingerprint density at radius 3 is 2.67 bits per heavy atom. The zero-order chi connectivity index (χ0) is 27.4. The van der Waals surface area contributed by atoms with E-state index in [0.717, 1.165) is 64.5 Å². The van der Waals surface area contributed by atoms with E-state index in [1.807, 2.05) is 59.2 Å². The molecule has 202 valence electrons. The number of nitrogens with zero attached hydrogens (tertiary/aromatic N) is 3. The molecule has 3 aromatic carbocycles. The van der Waals surface area contributed by atoms with Gasteiger partial charge in [-0.25, -0.2) is 4.79 Å². The van der Waals surface area contributed by atoms with Gasteiger partial charge in [-0.05, 0) is 71.5 Å². The van der Waals surface area contributed by atoms with Crippen molar-refractivity contribution < 1.29 is 14.6 Å². The molecular weight excluding hydrogens is 510 g/mol. The van der Waals surface area contributed by atoms with Crippen LogP contribution in [0.3, 0.4) is 0 Å². The summed E-state index contributed by atoms with van der Waals surface area (Å²) < 4.78 is 6.59. The molecule has 4 aromatic rings. The number of carbonyl (C=O) groups is 1. The summed E-state index contributed by atoms with van der Waals surface area (Å²) >= 11 is 6.87. The van der Waals surface area contributed by atoms with Crippen molar-refractivity contribution in [1.82, 2.24) is 9.78 Å². The van der Waals surface area contributed by atoms with Gasteiger partial charge in [0.1, 0.15) is 6.23 Å². The molecule has 0 spiro atoms. The quantitative estimate of drug-likeness (QED) is 0.147. The van der Waals surface area contributed by atoms with Crippen LogP contribution in [-0.4, -0.2) is 34.2 Å². The van der Waals surface area contributed by atoms with Gasteiger partial charge < -0.3 is 14.7 Å². The Morgan fingerprint density at radius 2 is 1.90 bits per heavy atom. The maximum atomic E-state index is 11.6. The van der Waals surface area contributed by atoms with Gasteiger partial charge in [-0.3, -0.25) is 4.68 Å². The summed E-state index contributed by atoms with van der Waals surface area (Å²) in [6.45, 7) is 0.461. The number of anilines is 1. The van der Waals surface area contributed by atoms with Crippen molar-refractivity contribution in [1.29, 1.82) is 0 Å². The normalized spacial score (nSPS) is 15.1. The number of aliphatic hydroxyl groups is 1. The van der Waals surface area contributed by atoms with Gasteiger partial charge in [-0.2, -0.15) is 5.10 Å². The minimum absolute atomic E-state index is 0.192. The number of aryl methyl sites for hydroxylation is 1. The van der Waals surface area contributed by atoms with E-state index in [-0.39, 0.29) is 5.92 Å². The fourth-order valence-electron chi connectivity index (χ4n) is 5.45. The van der Waals surface area contributed by atoms with Gasteiger partial charge in [0.15, 0.2) is 0 Å². The molecule has 0 aliphatic heterocycles. The van der Waals surface area contributed by atoms with Gasteiger partial charge in [0.2, 0.25) is 0 Å². The lowest BCUT2D eigenvalue weighted by Crippen LogP contribution is -2.41. The first-order valence-electron chi connectivity index (χ1n) is 13.4. The Bertz CT molecular complexity index is 1490. The molecule has 1 aliphatic carbocycles. The SMILES string of the molecule is COC(=O)/C=C/c1cccc(N(Cc2ccc(-c3ccc4c(cnn4C)c3)cc2Cl)C(O)C2CCCCC2)c1. The van der Waals surface area contributed by atoms with E-state index >= 15 is 0 Å². The molecule has 1 N–H and O–H groups in total. The lowest BCUT2D eigenvalue weighted by Gasteiger charge is -2.37. The second kappa shape index (κ2) is 12.1. The van der Waals surface area contributed by atoms with E-state index in [4.69, 9.17) is 16.3 Å². The second-order valence-electron chi connectivity index (χ2n) is 10.2. The number of rotatable bonds is 8. The number of benzene rings is 3. The van der Waals surface area contributed by atoms with Crippen LogP contribution < -0.4 is 4.90 Å². The Balaban J connectivity index is 1.44. The maximum Gasteiger partial charge on any atom is 0.330 e. The summed E-state index contributed by atoms with van der Waals surface area (Å²) in [4.78, 5) is 13.7. The molecule has 1 heterocycles. The molecule has 0 radical (unpaired) electrons. The lowest BCUT2D eigenvalue weighted by molar-refractivity contribution is -0.134. The molecule has 39 heavy (non-hydrogen) atoms. The van der Waals surface area contributed by atoms with Crippen LogP contribution in [0.25, 0.3) is 28.1 Å². The van der Waals surface area contributed by atoms with Crippen molar-refractivity contribution in [3.63, 3.8) is 0 Å². The summed E-state index contributed by atoms with van der Waals surface area (Å²) in [6, 6.07) is 20.2. The standard InChI is InChI=1S/C32H34ClN3O3/c1-35-30-15-14-24(18-27(30)20-34-35)25-12-13-26(29(33)19-25)21-36(32(38)23-8-4-3-5-9-23)28-10-6-7-22(17-28)11-16-31(37)39-2/h6-7,10-20,23,32,38H,3-5,8-9,21H2,1-2H3/b16-11+. The fraction of sp³-hybridized carbons (Fsp3) is 0.312. The fourth-order valence-corrected chi connectivity index (χ4v) is 5.69. The lowest BCUT2D eigenvalue weighted by atomic mass is 9.87. The van der Waals surface area contributed by atoms with Crippen LogP contribution in [0.15, 0.2) is 72.9 Å². The van der Waals surface area contributed by atoms with E-state index in [0.29, 0.717) is 11.6 Å². The number of carbonyl (C=O) groups excluding carboxylic acids is 1. The number of hydrogen-bond donors (Lipinski definition) is 1. The van der Waals surface area contributed by atoms with Crippen molar-refractivity contribution in [2.24, 2.45) is 13.0 Å². The molecule has 1 fully saturated rings. The molecule has 1 aromatic heterocycles. The van der Waals surface area contributed by atoms with E-state index in [9.17, 15) is 9.90 Å². The minimum Gasteiger partial charge on any atom is -0.466 e. The van der Waals surface area contributed by atoms with E-state index in [1.54, 1.807) is 6.08 Å². The van der Waals surface area contributed by atoms with Gasteiger partial charge in [0, 0.05) is 41.7 Å². The molecule has 6 nitrogen and oxygen atoms in total. The molecule has 1 unspecified atom stereocenters. The van der Waals surface area contributed by atoms with Gasteiger partial charge in [-0.15, -0.1) is 0 Å². The molecule has 1 saturated carbocycles. The number of esters is 1. The summed E-state index contributed by atoms with van der Waals surface area (Å²) in [5.74, 6) is -0.216. The van der Waals surface area contributed by atoms with Gasteiger partial charge in [-0.1, -0.05) is 61.2 Å². The highest BCUT2D eigenvalue weighted by atomic mass is 35.5. The van der Waals surface area contributed by atoms with Crippen LogP contribution in [-0.2, 0) is 23.1 Å². The van der Waals surface area contributed by atoms with Gasteiger partial charge in [0.25, 0.3) is 0 Å². The van der Waals surface area contributed by atoms with Crippen molar-refractivity contribution >= 4 is 40.2 Å². The predicted octanol–water partition coefficient (Wildman–Crippen LogP) is 6.99. The summed E-state index contributed by atoms with van der Waals surface area (Å²) in [6.07, 6.45) is 9.84. The number of aliphatic hydroxyl groups excluding tert-OH is 1. The number of methoxy groups -OCH3 is 1. The zero-order valence-corrected chi connectivity index (χ0v) is 23.1. The Hall–Kier alpha value is -3.61. The maximum absolute atomic E-state index is 11.6. The van der Waals surface area contributed by atoms with Crippen LogP contribution in [0.4, 0.5) is 5.69 Å². The van der Waals surface area contributed by atoms with Crippen molar-refractivity contribution in [3.05, 3.63) is 89.1 Å². The molecule has 0 amide bonds. The number of hydrogen-bond acceptors (Lipinski definition) is 5. The first-order chi connectivity index (χ1) is 18.9. The molecule has 0 saturated heterocycles. The topological polar surface area (TPSA) is 67.6 Å². The van der Waals surface area contributed by atoms with Crippen molar-refractivity contribution in [2.45, 2.75) is 44.9 Å². The largest absolute Gasteiger partial charge is 0.466 e. The Kier molecular flexibility index (Phi) is 8.34. The first-order valence-corrected chi connectivity index (χ1v) is 13.8. The van der Waals surface area contributed by atoms with Crippen LogP contribution >= 0.6 is 11.6 Å². The highest BCUT2D eigenvalue weighted by molar-refractivity contribution is 6.31. The summed E-state index contributed by atoms with van der Waals surface area (Å²) in [7, 11) is 3.30. The summed E-state index contributed by atoms with van der Waals surface area (Å²) in [5, 5.41) is 17.7. The van der Waals surface area contributed by atoms with Crippen LogP contribution in [0.2, 0.25) is 5.02 Å². The highest BCUT2D eigenvalue weighted by Gasteiger charge is 2.28. The van der Waals surface area contributed by atoms with Crippen molar-refractivity contribution in [3.8, 4) is 11.1 Å². The molecule has 1 atom stereocenters. The summed E-state index contributed by atoms with van der Waals surface area (Å²) in [5.41, 5.74) is 5.86. The third-order valence-corrected chi connectivity index (χ3v) is 8.03. The third-order valence-electron chi connectivity index (χ3n) is 7.68. The molecule has 7 heteroatoms. The highest BCUT2D eigenvalue weighted by Crippen LogP contribution is 2.34. The Labute approximate surface area is 234 Å². The Morgan fingerprint density at radius 1 is 1.13 bits per heavy atom. The average Bonchev–Trinajstić information content (AvgIpc) is 3.35. The van der Waals surface area contributed by atoms with E-state index in [2.05, 4.69) is 29.4 Å². The second-order valence-corrected chi connectivity index (χ2v) is 10.6. The monoisotopic (exact) mass is 543 g/mol. The van der Waals surface area contributed by atoms with Gasteiger partial charge in [0.05, 0.1) is 18.8 Å². The van der Waals surface area contributed by atoms with E-state index < -0.39 is 12.2 Å². The first kappa shape index (κ1) is 27.0. The van der Waals surface area contributed by atoms with Crippen molar-refractivity contribution in [2.75, 3.05) is 12.0 Å². The van der Waals surface area contributed by atoms with Crippen LogP contribution in [0.1, 0.15) is 43.2 Å². The molecule has 5 rings (SSSR count). The number of fused-ring (bicyclic) bond motifs is 1. The van der Waals surface area contributed by atoms with E-state index in [1.165, 1.54) is 19.6 Å². The van der Waals surface area contributed by atoms with Gasteiger partial charge >= 0.3 is 5.97 Å². The van der Waals surface area contributed by atoms with Crippen LogP contribution in [0, 0.1) is 5.92 Å². The number of halogens is 1. The molecular formula is C32H34ClN3O3. The van der Waals surface area contributed by atoms with Crippen LogP contribution in [0.5, 0.6) is 0 Å².